The summed E-state index contributed by atoms with van der Waals surface area (Å²) in [5.41, 5.74) is 0.653. The Bertz CT molecular complexity index is 1250. The van der Waals surface area contributed by atoms with Gasteiger partial charge in [-0.1, -0.05) is 24.3 Å². The zero-order valence-corrected chi connectivity index (χ0v) is 18.7. The quantitative estimate of drug-likeness (QED) is 0.518. The average Bonchev–Trinajstić information content (AvgIpc) is 3.33. The molecule has 1 aromatic heterocycles. The van der Waals surface area contributed by atoms with E-state index in [1.54, 1.807) is 30.3 Å². The summed E-state index contributed by atoms with van der Waals surface area (Å²) >= 11 is 0. The van der Waals surface area contributed by atoms with E-state index in [1.807, 2.05) is 19.0 Å². The highest BCUT2D eigenvalue weighted by Crippen LogP contribution is 2.40. The maximum atomic E-state index is 14.1. The van der Waals surface area contributed by atoms with Crippen LogP contribution in [0.25, 0.3) is 11.0 Å². The highest BCUT2D eigenvalue weighted by Gasteiger charge is 2.44. The van der Waals surface area contributed by atoms with Gasteiger partial charge in [0.05, 0.1) is 18.7 Å². The molecule has 1 amide bonds. The molecule has 0 radical (unpaired) electrons. The molecule has 0 saturated carbocycles. The Labute approximate surface area is 190 Å². The van der Waals surface area contributed by atoms with E-state index in [-0.39, 0.29) is 17.9 Å². The minimum Gasteiger partial charge on any atom is -0.503 e. The summed E-state index contributed by atoms with van der Waals surface area (Å²) in [7, 11) is 5.32. The van der Waals surface area contributed by atoms with Crippen LogP contribution in [0.15, 0.2) is 64.3 Å². The fourth-order valence-electron chi connectivity index (χ4n) is 4.14. The zero-order chi connectivity index (χ0) is 23.7. The van der Waals surface area contributed by atoms with Gasteiger partial charge in [0.25, 0.3) is 5.91 Å². The number of carbonyl (C=O) groups is 2. The van der Waals surface area contributed by atoms with Crippen molar-refractivity contribution in [2.24, 2.45) is 0 Å². The van der Waals surface area contributed by atoms with Crippen molar-refractivity contribution in [3.05, 3.63) is 77.0 Å². The van der Waals surface area contributed by atoms with Gasteiger partial charge in [-0.25, -0.2) is 4.39 Å². The Hall–Kier alpha value is -3.65. The Balaban J connectivity index is 1.77. The number of fused-ring (bicyclic) bond motifs is 1. The largest absolute Gasteiger partial charge is 0.503 e. The third kappa shape index (κ3) is 4.21. The van der Waals surface area contributed by atoms with E-state index in [0.29, 0.717) is 35.2 Å². The van der Waals surface area contributed by atoms with Gasteiger partial charge in [0, 0.05) is 11.9 Å². The number of amides is 1. The van der Waals surface area contributed by atoms with Crippen molar-refractivity contribution in [1.29, 1.82) is 0 Å². The lowest BCUT2D eigenvalue weighted by molar-refractivity contribution is -0.129. The summed E-state index contributed by atoms with van der Waals surface area (Å²) in [6.07, 6.45) is 0.612. The number of hydrogen-bond acceptors (Lipinski definition) is 6. The molecule has 0 unspecified atom stereocenters. The first-order valence-corrected chi connectivity index (χ1v) is 10.6. The second kappa shape index (κ2) is 9.07. The van der Waals surface area contributed by atoms with Crippen LogP contribution >= 0.6 is 0 Å². The highest BCUT2D eigenvalue weighted by atomic mass is 19.1. The van der Waals surface area contributed by atoms with Crippen molar-refractivity contribution >= 4 is 22.7 Å². The summed E-state index contributed by atoms with van der Waals surface area (Å²) in [5.74, 6) is -2.03. The zero-order valence-electron chi connectivity index (χ0n) is 18.7. The fraction of sp³-hybridized carbons (Fsp3) is 0.280. The standard InChI is InChI=1S/C25H25FN2O5/c1-27(2)11-6-12-28-21(15-7-4-9-17(26)13-15)20(23(30)25(28)31)22(29)19-14-16-8-5-10-18(32-3)24(16)33-19/h4-5,7-10,13-14,21,30H,6,11-12H2,1-3H3/t21-/m0/s1. The third-order valence-corrected chi connectivity index (χ3v) is 5.67. The lowest BCUT2D eigenvalue weighted by Gasteiger charge is -2.27. The molecule has 1 atom stereocenters. The number of Topliss-reactive ketones (excluding diaryl/α,β-unsaturated/α-hetero) is 1. The van der Waals surface area contributed by atoms with E-state index in [9.17, 15) is 19.1 Å². The van der Waals surface area contributed by atoms with Crippen molar-refractivity contribution in [3.63, 3.8) is 0 Å². The first-order chi connectivity index (χ1) is 15.8. The molecule has 0 saturated heterocycles. The van der Waals surface area contributed by atoms with Crippen LogP contribution in [0.4, 0.5) is 4.39 Å². The fourth-order valence-corrected chi connectivity index (χ4v) is 4.14. The van der Waals surface area contributed by atoms with Crippen molar-refractivity contribution in [2.45, 2.75) is 12.5 Å². The minimum atomic E-state index is -0.932. The van der Waals surface area contributed by atoms with Crippen LogP contribution < -0.4 is 4.74 Å². The Kier molecular flexibility index (Phi) is 6.20. The second-order valence-electron chi connectivity index (χ2n) is 8.19. The molecule has 172 valence electrons. The summed E-state index contributed by atoms with van der Waals surface area (Å²) in [6, 6.07) is 11.5. The average molecular weight is 452 g/mol. The molecular formula is C25H25FN2O5. The van der Waals surface area contributed by atoms with Crippen LogP contribution in [0.3, 0.4) is 0 Å². The van der Waals surface area contributed by atoms with E-state index < -0.39 is 29.3 Å². The molecule has 1 aliphatic heterocycles. The molecule has 7 nitrogen and oxygen atoms in total. The number of para-hydroxylation sites is 1. The maximum Gasteiger partial charge on any atom is 0.290 e. The Morgan fingerprint density at radius 3 is 2.67 bits per heavy atom. The summed E-state index contributed by atoms with van der Waals surface area (Å²) < 4.78 is 25.1. The number of ether oxygens (including phenoxy) is 1. The van der Waals surface area contributed by atoms with Crippen molar-refractivity contribution in [2.75, 3.05) is 34.3 Å². The van der Waals surface area contributed by atoms with Gasteiger partial charge in [-0.2, -0.15) is 0 Å². The molecule has 2 heterocycles. The van der Waals surface area contributed by atoms with Crippen molar-refractivity contribution in [1.82, 2.24) is 9.80 Å². The van der Waals surface area contributed by atoms with E-state index in [0.717, 1.165) is 0 Å². The van der Waals surface area contributed by atoms with Crippen LogP contribution in [-0.2, 0) is 4.79 Å². The van der Waals surface area contributed by atoms with Crippen LogP contribution in [0.1, 0.15) is 28.6 Å². The number of hydrogen-bond donors (Lipinski definition) is 1. The molecule has 33 heavy (non-hydrogen) atoms. The van der Waals surface area contributed by atoms with Gasteiger partial charge in [-0.3, -0.25) is 9.59 Å². The number of furan rings is 1. The summed E-state index contributed by atoms with van der Waals surface area (Å²) in [4.78, 5) is 29.9. The predicted octanol–water partition coefficient (Wildman–Crippen LogP) is 4.11. The Morgan fingerprint density at radius 2 is 1.97 bits per heavy atom. The SMILES string of the molecule is COc1cccc2cc(C(=O)C3=C(O)C(=O)N(CCCN(C)C)[C@H]3c3cccc(F)c3)oc12. The normalized spacial score (nSPS) is 16.3. The predicted molar refractivity (Wildman–Crippen MR) is 121 cm³/mol. The molecule has 0 bridgehead atoms. The third-order valence-electron chi connectivity index (χ3n) is 5.67. The summed E-state index contributed by atoms with van der Waals surface area (Å²) in [6.45, 7) is 0.986. The van der Waals surface area contributed by atoms with Gasteiger partial charge in [0.1, 0.15) is 5.82 Å². The molecule has 4 rings (SSSR count). The number of nitrogens with zero attached hydrogens (tertiary/aromatic N) is 2. The second-order valence-corrected chi connectivity index (χ2v) is 8.19. The number of aliphatic hydroxyl groups excluding tert-OH is 1. The minimum absolute atomic E-state index is 0.0413. The first-order valence-electron chi connectivity index (χ1n) is 10.6. The van der Waals surface area contributed by atoms with Crippen LogP contribution in [-0.4, -0.2) is 60.9 Å². The monoisotopic (exact) mass is 452 g/mol. The molecule has 0 fully saturated rings. The van der Waals surface area contributed by atoms with Crippen molar-refractivity contribution in [3.8, 4) is 5.75 Å². The Morgan fingerprint density at radius 1 is 1.21 bits per heavy atom. The number of benzene rings is 2. The van der Waals surface area contributed by atoms with Crippen LogP contribution in [0.5, 0.6) is 5.75 Å². The molecular weight excluding hydrogens is 427 g/mol. The van der Waals surface area contributed by atoms with Gasteiger partial charge in [-0.15, -0.1) is 0 Å². The van der Waals surface area contributed by atoms with Gasteiger partial charge in [0.15, 0.2) is 22.9 Å². The lowest BCUT2D eigenvalue weighted by atomic mass is 9.95. The topological polar surface area (TPSA) is 83.2 Å². The van der Waals surface area contributed by atoms with Crippen LogP contribution in [0, 0.1) is 5.82 Å². The number of methoxy groups -OCH3 is 1. The molecule has 1 aliphatic rings. The van der Waals surface area contributed by atoms with Gasteiger partial charge < -0.3 is 24.1 Å². The summed E-state index contributed by atoms with van der Waals surface area (Å²) in [5, 5.41) is 11.4. The molecule has 2 aromatic carbocycles. The maximum absolute atomic E-state index is 14.1. The molecule has 0 aliphatic carbocycles. The number of halogens is 1. The number of aliphatic hydroxyl groups is 1. The first kappa shape index (κ1) is 22.5. The molecule has 8 heteroatoms. The van der Waals surface area contributed by atoms with Crippen molar-refractivity contribution < 1.29 is 28.2 Å². The van der Waals surface area contributed by atoms with Gasteiger partial charge in [-0.05, 0) is 56.9 Å². The molecule has 3 aromatic rings. The lowest BCUT2D eigenvalue weighted by Crippen LogP contribution is -2.33. The molecule has 0 spiro atoms. The van der Waals surface area contributed by atoms with Crippen LogP contribution in [0.2, 0.25) is 0 Å². The van der Waals surface area contributed by atoms with E-state index in [1.165, 1.54) is 30.2 Å². The van der Waals surface area contributed by atoms with E-state index in [4.69, 9.17) is 9.15 Å². The van der Waals surface area contributed by atoms with E-state index in [2.05, 4.69) is 0 Å². The number of rotatable bonds is 8. The molecule has 1 N–H and O–H groups in total. The van der Waals surface area contributed by atoms with E-state index >= 15 is 0 Å². The van der Waals surface area contributed by atoms with Gasteiger partial charge >= 0.3 is 0 Å². The highest BCUT2D eigenvalue weighted by molar-refractivity contribution is 6.16. The number of carbonyl (C=O) groups excluding carboxylic acids is 2. The van der Waals surface area contributed by atoms with Gasteiger partial charge in [0.2, 0.25) is 5.78 Å². The smallest absolute Gasteiger partial charge is 0.290 e. The number of ketones is 1.